The third kappa shape index (κ3) is 3.81. The molecule has 0 unspecified atom stereocenters. The van der Waals surface area contributed by atoms with Gasteiger partial charge in [0.2, 0.25) is 0 Å². The van der Waals surface area contributed by atoms with Gasteiger partial charge in [-0.1, -0.05) is 48.6 Å². The Bertz CT molecular complexity index is 558. The third-order valence-electron chi connectivity index (χ3n) is 2.58. The molecule has 19 heavy (non-hydrogen) atoms. The summed E-state index contributed by atoms with van der Waals surface area (Å²) in [6, 6.07) is 10.2. The van der Waals surface area contributed by atoms with Crippen LogP contribution in [0.15, 0.2) is 53.1 Å². The monoisotopic (exact) mass is 255 g/mol. The van der Waals surface area contributed by atoms with Crippen LogP contribution in [0, 0.1) is 0 Å². The van der Waals surface area contributed by atoms with Gasteiger partial charge in [-0.2, -0.15) is 4.98 Å². The Morgan fingerprint density at radius 3 is 2.74 bits per heavy atom. The van der Waals surface area contributed by atoms with E-state index in [9.17, 15) is 0 Å². The van der Waals surface area contributed by atoms with Crippen molar-refractivity contribution in [1.29, 1.82) is 0 Å². The Balaban J connectivity index is 2.02. The van der Waals surface area contributed by atoms with Crippen molar-refractivity contribution in [2.75, 3.05) is 11.9 Å². The average molecular weight is 255 g/mol. The van der Waals surface area contributed by atoms with Crippen molar-refractivity contribution in [3.8, 4) is 0 Å². The van der Waals surface area contributed by atoms with Gasteiger partial charge >= 0.3 is 0 Å². The Morgan fingerprint density at radius 2 is 2.00 bits per heavy atom. The molecule has 0 spiro atoms. The molecule has 4 heteroatoms. The Hall–Kier alpha value is -2.36. The lowest BCUT2D eigenvalue weighted by molar-refractivity contribution is 0.409. The molecule has 0 saturated carbocycles. The fraction of sp³-hybridized carbons (Fsp3) is 0.200. The van der Waals surface area contributed by atoms with Crippen molar-refractivity contribution in [3.05, 3.63) is 60.0 Å². The van der Waals surface area contributed by atoms with Crippen molar-refractivity contribution in [2.24, 2.45) is 0 Å². The minimum Gasteiger partial charge on any atom is -0.337 e. The van der Waals surface area contributed by atoms with E-state index in [0.29, 0.717) is 11.8 Å². The normalized spacial score (nSPS) is 11.5. The van der Waals surface area contributed by atoms with E-state index in [4.69, 9.17) is 4.52 Å². The highest BCUT2D eigenvalue weighted by atomic mass is 16.5. The summed E-state index contributed by atoms with van der Waals surface area (Å²) in [5.74, 6) is 1.09. The van der Waals surface area contributed by atoms with Crippen molar-refractivity contribution >= 4 is 12.0 Å². The van der Waals surface area contributed by atoms with Gasteiger partial charge in [0.15, 0.2) is 0 Å². The highest BCUT2D eigenvalue weighted by Gasteiger charge is 2.09. The molecule has 0 radical (unpaired) electrons. The summed E-state index contributed by atoms with van der Waals surface area (Å²) in [6.45, 7) is 2.70. The van der Waals surface area contributed by atoms with Gasteiger partial charge in [-0.05, 0) is 17.6 Å². The first kappa shape index (κ1) is 13.1. The van der Waals surface area contributed by atoms with E-state index >= 15 is 0 Å². The molecule has 0 bridgehead atoms. The maximum absolute atomic E-state index is 5.15. The van der Waals surface area contributed by atoms with Crippen molar-refractivity contribution in [2.45, 2.75) is 13.5 Å². The van der Waals surface area contributed by atoms with Gasteiger partial charge in [0, 0.05) is 19.7 Å². The Labute approximate surface area is 113 Å². The van der Waals surface area contributed by atoms with Gasteiger partial charge in [-0.25, -0.2) is 0 Å². The second-order valence-electron chi connectivity index (χ2n) is 4.16. The van der Waals surface area contributed by atoms with Crippen molar-refractivity contribution < 1.29 is 4.52 Å². The molecule has 0 aliphatic rings. The Kier molecular flexibility index (Phi) is 4.50. The average Bonchev–Trinajstić information content (AvgIpc) is 2.89. The van der Waals surface area contributed by atoms with E-state index in [1.54, 1.807) is 6.08 Å². The van der Waals surface area contributed by atoms with Crippen LogP contribution in [-0.2, 0) is 6.54 Å². The summed E-state index contributed by atoms with van der Waals surface area (Å²) in [4.78, 5) is 6.26. The first-order chi connectivity index (χ1) is 9.29. The van der Waals surface area contributed by atoms with Crippen LogP contribution in [0.25, 0.3) is 6.08 Å². The molecule has 0 saturated heterocycles. The number of hydrogen-bond donors (Lipinski definition) is 0. The SMILES string of the molecule is C/C=C/C=C/c1nc(N(C)Cc2ccccc2)no1. The third-order valence-corrected chi connectivity index (χ3v) is 2.58. The van der Waals surface area contributed by atoms with Crippen LogP contribution in [0.5, 0.6) is 0 Å². The molecular formula is C15H17N3O. The fourth-order valence-corrected chi connectivity index (χ4v) is 1.63. The second-order valence-corrected chi connectivity index (χ2v) is 4.16. The minimum absolute atomic E-state index is 0.507. The summed E-state index contributed by atoms with van der Waals surface area (Å²) in [5.41, 5.74) is 1.21. The molecule has 0 aliphatic carbocycles. The van der Waals surface area contributed by atoms with Gasteiger partial charge in [-0.3, -0.25) is 0 Å². The van der Waals surface area contributed by atoms with E-state index in [0.717, 1.165) is 6.54 Å². The molecule has 2 aromatic rings. The molecule has 0 amide bonds. The van der Waals surface area contributed by atoms with Gasteiger partial charge in [0.25, 0.3) is 11.8 Å². The van der Waals surface area contributed by atoms with Crippen LogP contribution in [0.2, 0.25) is 0 Å². The molecule has 4 nitrogen and oxygen atoms in total. The van der Waals surface area contributed by atoms with Crippen LogP contribution >= 0.6 is 0 Å². The number of nitrogens with zero attached hydrogens (tertiary/aromatic N) is 3. The highest BCUT2D eigenvalue weighted by molar-refractivity contribution is 5.43. The standard InChI is InChI=1S/C15H17N3O/c1-3-4-6-11-14-16-15(17-19-14)18(2)12-13-9-7-5-8-10-13/h3-11H,12H2,1-2H3/b4-3+,11-6+. The van der Waals surface area contributed by atoms with Gasteiger partial charge in [0.05, 0.1) is 0 Å². The van der Waals surface area contributed by atoms with E-state index < -0.39 is 0 Å². The number of benzene rings is 1. The van der Waals surface area contributed by atoms with Gasteiger partial charge < -0.3 is 9.42 Å². The molecule has 0 N–H and O–H groups in total. The predicted molar refractivity (Wildman–Crippen MR) is 76.7 cm³/mol. The summed E-state index contributed by atoms with van der Waals surface area (Å²) in [5, 5.41) is 3.96. The fourth-order valence-electron chi connectivity index (χ4n) is 1.63. The smallest absolute Gasteiger partial charge is 0.266 e. The lowest BCUT2D eigenvalue weighted by Gasteiger charge is -2.13. The van der Waals surface area contributed by atoms with Crippen molar-refractivity contribution in [3.63, 3.8) is 0 Å². The van der Waals surface area contributed by atoms with Crippen molar-refractivity contribution in [1.82, 2.24) is 10.1 Å². The lowest BCUT2D eigenvalue weighted by Crippen LogP contribution is -2.17. The maximum atomic E-state index is 5.15. The topological polar surface area (TPSA) is 42.2 Å². The number of allylic oxidation sites excluding steroid dienone is 3. The van der Waals surface area contributed by atoms with Crippen LogP contribution in [-0.4, -0.2) is 17.2 Å². The van der Waals surface area contributed by atoms with Crippen LogP contribution in [0.1, 0.15) is 18.4 Å². The number of anilines is 1. The number of hydrogen-bond acceptors (Lipinski definition) is 4. The predicted octanol–water partition coefficient (Wildman–Crippen LogP) is 3.30. The maximum Gasteiger partial charge on any atom is 0.266 e. The highest BCUT2D eigenvalue weighted by Crippen LogP contribution is 2.12. The first-order valence-electron chi connectivity index (χ1n) is 6.17. The van der Waals surface area contributed by atoms with Gasteiger partial charge in [-0.15, -0.1) is 0 Å². The van der Waals surface area contributed by atoms with Crippen LogP contribution in [0.4, 0.5) is 5.95 Å². The number of rotatable bonds is 5. The van der Waals surface area contributed by atoms with Gasteiger partial charge in [0.1, 0.15) is 0 Å². The summed E-state index contributed by atoms with van der Waals surface area (Å²) in [6.07, 6.45) is 7.51. The first-order valence-corrected chi connectivity index (χ1v) is 6.17. The lowest BCUT2D eigenvalue weighted by atomic mass is 10.2. The van der Waals surface area contributed by atoms with E-state index in [-0.39, 0.29) is 0 Å². The molecule has 1 aromatic carbocycles. The largest absolute Gasteiger partial charge is 0.337 e. The molecule has 1 aromatic heterocycles. The summed E-state index contributed by atoms with van der Waals surface area (Å²) < 4.78 is 5.15. The minimum atomic E-state index is 0.507. The Morgan fingerprint density at radius 1 is 1.21 bits per heavy atom. The molecule has 0 fully saturated rings. The zero-order valence-corrected chi connectivity index (χ0v) is 11.2. The van der Waals surface area contributed by atoms with E-state index in [2.05, 4.69) is 22.3 Å². The zero-order chi connectivity index (χ0) is 13.5. The quantitative estimate of drug-likeness (QED) is 0.769. The summed E-state index contributed by atoms with van der Waals surface area (Å²) >= 11 is 0. The molecule has 2 rings (SSSR count). The molecule has 1 heterocycles. The zero-order valence-electron chi connectivity index (χ0n) is 11.2. The number of aromatic nitrogens is 2. The molecule has 0 aliphatic heterocycles. The molecular weight excluding hydrogens is 238 g/mol. The second kappa shape index (κ2) is 6.54. The molecule has 0 atom stereocenters. The van der Waals surface area contributed by atoms with Crippen LogP contribution in [0.3, 0.4) is 0 Å². The van der Waals surface area contributed by atoms with E-state index in [1.165, 1.54) is 5.56 Å². The van der Waals surface area contributed by atoms with E-state index in [1.807, 2.05) is 55.3 Å². The molecule has 98 valence electrons. The van der Waals surface area contributed by atoms with Crippen LogP contribution < -0.4 is 4.90 Å². The summed E-state index contributed by atoms with van der Waals surface area (Å²) in [7, 11) is 1.94.